The molecule has 1 amide bonds. The fourth-order valence-corrected chi connectivity index (χ4v) is 3.54. The number of methoxy groups -OCH3 is 1. The number of carboxylic acid groups (broad SMARTS) is 1. The average Bonchev–Trinajstić information content (AvgIpc) is 2.92. The summed E-state index contributed by atoms with van der Waals surface area (Å²) in [6, 6.07) is 8.17. The van der Waals surface area contributed by atoms with Gasteiger partial charge in [-0.1, -0.05) is 6.07 Å². The van der Waals surface area contributed by atoms with Gasteiger partial charge in [-0.3, -0.25) is 0 Å². The molecule has 0 radical (unpaired) electrons. The molecule has 1 spiro atoms. The smallest absolute Gasteiger partial charge is 0.407 e. The SMILES string of the molecule is COc1cccc(N2CCC3(CCN(C(=O)O)CC3)C2)c1. The summed E-state index contributed by atoms with van der Waals surface area (Å²) in [5.41, 5.74) is 1.49. The van der Waals surface area contributed by atoms with Crippen LogP contribution in [0.5, 0.6) is 5.75 Å². The van der Waals surface area contributed by atoms with E-state index in [-0.39, 0.29) is 5.41 Å². The van der Waals surface area contributed by atoms with E-state index in [0.717, 1.165) is 38.1 Å². The van der Waals surface area contributed by atoms with Crippen LogP contribution in [0.1, 0.15) is 19.3 Å². The molecule has 0 unspecified atom stereocenters. The normalized spacial score (nSPS) is 20.8. The maximum Gasteiger partial charge on any atom is 0.407 e. The highest BCUT2D eigenvalue weighted by atomic mass is 16.5. The first-order valence-corrected chi connectivity index (χ1v) is 7.49. The Morgan fingerprint density at radius 1 is 1.24 bits per heavy atom. The summed E-state index contributed by atoms with van der Waals surface area (Å²) in [5, 5.41) is 9.06. The van der Waals surface area contributed by atoms with Crippen molar-refractivity contribution in [2.75, 3.05) is 38.2 Å². The number of rotatable bonds is 2. The highest BCUT2D eigenvalue weighted by Gasteiger charge is 2.41. The Bertz CT molecular complexity index is 524. The van der Waals surface area contributed by atoms with E-state index >= 15 is 0 Å². The van der Waals surface area contributed by atoms with Crippen molar-refractivity contribution in [2.45, 2.75) is 19.3 Å². The molecular weight excluding hydrogens is 268 g/mol. The van der Waals surface area contributed by atoms with Crippen molar-refractivity contribution in [3.63, 3.8) is 0 Å². The van der Waals surface area contributed by atoms with E-state index in [1.54, 1.807) is 12.0 Å². The van der Waals surface area contributed by atoms with Gasteiger partial charge in [0, 0.05) is 37.9 Å². The van der Waals surface area contributed by atoms with Crippen LogP contribution in [0.25, 0.3) is 0 Å². The van der Waals surface area contributed by atoms with Crippen molar-refractivity contribution in [3.05, 3.63) is 24.3 Å². The number of hydrogen-bond donors (Lipinski definition) is 1. The molecule has 5 nitrogen and oxygen atoms in total. The van der Waals surface area contributed by atoms with Crippen LogP contribution in [-0.4, -0.2) is 49.4 Å². The molecule has 1 aromatic rings. The minimum Gasteiger partial charge on any atom is -0.497 e. The lowest BCUT2D eigenvalue weighted by atomic mass is 9.78. The molecule has 2 saturated heterocycles. The molecular formula is C16H22N2O3. The summed E-state index contributed by atoms with van der Waals surface area (Å²) >= 11 is 0. The number of ether oxygens (including phenoxy) is 1. The van der Waals surface area contributed by atoms with Gasteiger partial charge in [0.25, 0.3) is 0 Å². The number of anilines is 1. The van der Waals surface area contributed by atoms with Crippen molar-refractivity contribution in [1.82, 2.24) is 4.90 Å². The van der Waals surface area contributed by atoms with E-state index in [2.05, 4.69) is 17.0 Å². The summed E-state index contributed by atoms with van der Waals surface area (Å²) in [5.74, 6) is 0.883. The number of likely N-dealkylation sites (tertiary alicyclic amines) is 1. The van der Waals surface area contributed by atoms with Crippen LogP contribution in [0.15, 0.2) is 24.3 Å². The van der Waals surface area contributed by atoms with E-state index < -0.39 is 6.09 Å². The van der Waals surface area contributed by atoms with Crippen LogP contribution in [0.2, 0.25) is 0 Å². The van der Waals surface area contributed by atoms with Gasteiger partial charge in [0.15, 0.2) is 0 Å². The Morgan fingerprint density at radius 3 is 2.62 bits per heavy atom. The number of hydrogen-bond acceptors (Lipinski definition) is 3. The Kier molecular flexibility index (Phi) is 3.66. The molecule has 3 rings (SSSR count). The van der Waals surface area contributed by atoms with E-state index in [4.69, 9.17) is 9.84 Å². The number of amides is 1. The lowest BCUT2D eigenvalue weighted by Crippen LogP contribution is -2.43. The molecule has 0 aromatic heterocycles. The topological polar surface area (TPSA) is 53.0 Å². The van der Waals surface area contributed by atoms with Gasteiger partial charge in [-0.15, -0.1) is 0 Å². The molecule has 5 heteroatoms. The predicted octanol–water partition coefficient (Wildman–Crippen LogP) is 2.67. The Balaban J connectivity index is 1.66. The molecule has 1 aromatic carbocycles. The van der Waals surface area contributed by atoms with Gasteiger partial charge in [0.2, 0.25) is 0 Å². The molecule has 2 aliphatic heterocycles. The quantitative estimate of drug-likeness (QED) is 0.910. The van der Waals surface area contributed by atoms with E-state index in [0.29, 0.717) is 13.1 Å². The maximum absolute atomic E-state index is 11.0. The number of carbonyl (C=O) groups is 1. The zero-order chi connectivity index (χ0) is 14.9. The van der Waals surface area contributed by atoms with Crippen molar-refractivity contribution < 1.29 is 14.6 Å². The van der Waals surface area contributed by atoms with Gasteiger partial charge in [-0.2, -0.15) is 0 Å². The van der Waals surface area contributed by atoms with Gasteiger partial charge in [0.1, 0.15) is 5.75 Å². The van der Waals surface area contributed by atoms with Crippen LogP contribution in [-0.2, 0) is 0 Å². The second kappa shape index (κ2) is 5.47. The van der Waals surface area contributed by atoms with Crippen LogP contribution in [0.4, 0.5) is 10.5 Å². The largest absolute Gasteiger partial charge is 0.497 e. The summed E-state index contributed by atoms with van der Waals surface area (Å²) in [7, 11) is 1.69. The fourth-order valence-electron chi connectivity index (χ4n) is 3.54. The van der Waals surface area contributed by atoms with Crippen LogP contribution >= 0.6 is 0 Å². The molecule has 21 heavy (non-hydrogen) atoms. The molecule has 0 saturated carbocycles. The zero-order valence-corrected chi connectivity index (χ0v) is 12.4. The molecule has 1 N–H and O–H groups in total. The van der Waals surface area contributed by atoms with Gasteiger partial charge >= 0.3 is 6.09 Å². The van der Waals surface area contributed by atoms with Crippen molar-refractivity contribution in [3.8, 4) is 5.75 Å². The Morgan fingerprint density at radius 2 is 1.95 bits per heavy atom. The average molecular weight is 290 g/mol. The van der Waals surface area contributed by atoms with Crippen LogP contribution in [0.3, 0.4) is 0 Å². The summed E-state index contributed by atoms with van der Waals surface area (Å²) in [6.45, 7) is 3.40. The number of nitrogens with zero attached hydrogens (tertiary/aromatic N) is 2. The summed E-state index contributed by atoms with van der Waals surface area (Å²) in [6.07, 6.45) is 2.31. The van der Waals surface area contributed by atoms with Gasteiger partial charge < -0.3 is 19.6 Å². The standard InChI is InChI=1S/C16H22N2O3/c1-21-14-4-2-3-13(11-14)18-10-7-16(12-18)5-8-17(9-6-16)15(19)20/h2-4,11H,5-10,12H2,1H3,(H,19,20). The van der Waals surface area contributed by atoms with Gasteiger partial charge in [-0.25, -0.2) is 4.79 Å². The third-order valence-electron chi connectivity index (χ3n) is 4.95. The van der Waals surface area contributed by atoms with Crippen molar-refractivity contribution >= 4 is 11.8 Å². The molecule has 114 valence electrons. The fraction of sp³-hybridized carbons (Fsp3) is 0.562. The highest BCUT2D eigenvalue weighted by molar-refractivity contribution is 5.65. The second-order valence-electron chi connectivity index (χ2n) is 6.14. The number of piperidine rings is 1. The first-order valence-electron chi connectivity index (χ1n) is 7.49. The third kappa shape index (κ3) is 2.77. The minimum atomic E-state index is -0.785. The zero-order valence-electron chi connectivity index (χ0n) is 12.4. The lowest BCUT2D eigenvalue weighted by molar-refractivity contribution is 0.0986. The van der Waals surface area contributed by atoms with Crippen molar-refractivity contribution in [2.24, 2.45) is 5.41 Å². The Hall–Kier alpha value is -1.91. The van der Waals surface area contributed by atoms with Gasteiger partial charge in [0.05, 0.1) is 7.11 Å². The monoisotopic (exact) mass is 290 g/mol. The van der Waals surface area contributed by atoms with Crippen molar-refractivity contribution in [1.29, 1.82) is 0 Å². The van der Waals surface area contributed by atoms with E-state index in [1.807, 2.05) is 12.1 Å². The molecule has 2 aliphatic rings. The van der Waals surface area contributed by atoms with Gasteiger partial charge in [-0.05, 0) is 36.8 Å². The lowest BCUT2D eigenvalue weighted by Gasteiger charge is -2.38. The minimum absolute atomic E-state index is 0.287. The molecule has 0 aliphatic carbocycles. The molecule has 0 atom stereocenters. The van der Waals surface area contributed by atoms with E-state index in [9.17, 15) is 4.79 Å². The van der Waals surface area contributed by atoms with E-state index in [1.165, 1.54) is 5.69 Å². The summed E-state index contributed by atoms with van der Waals surface area (Å²) < 4.78 is 5.29. The molecule has 0 bridgehead atoms. The third-order valence-corrected chi connectivity index (χ3v) is 4.95. The summed E-state index contributed by atoms with van der Waals surface area (Å²) in [4.78, 5) is 15.0. The Labute approximate surface area is 125 Å². The number of benzene rings is 1. The molecule has 2 fully saturated rings. The first-order chi connectivity index (χ1) is 10.1. The second-order valence-corrected chi connectivity index (χ2v) is 6.14. The predicted molar refractivity (Wildman–Crippen MR) is 81.1 cm³/mol. The maximum atomic E-state index is 11.0. The first kappa shape index (κ1) is 14.0. The molecule has 2 heterocycles. The highest BCUT2D eigenvalue weighted by Crippen LogP contribution is 2.42. The van der Waals surface area contributed by atoms with Crippen LogP contribution < -0.4 is 9.64 Å². The van der Waals surface area contributed by atoms with Crippen LogP contribution in [0, 0.1) is 5.41 Å².